The van der Waals surface area contributed by atoms with E-state index in [0.717, 1.165) is 10.8 Å². The second-order valence-corrected chi connectivity index (χ2v) is 12.6. The fourth-order valence-corrected chi connectivity index (χ4v) is 5.53. The Kier molecular flexibility index (Phi) is 12.0. The molecule has 0 aliphatic carbocycles. The first-order valence-electron chi connectivity index (χ1n) is 15.3. The highest BCUT2D eigenvalue weighted by Crippen LogP contribution is 2.35. The van der Waals surface area contributed by atoms with E-state index in [1.165, 1.54) is 30.7 Å². The molecule has 10 nitrogen and oxygen atoms in total. The van der Waals surface area contributed by atoms with Crippen molar-refractivity contribution in [2.75, 3.05) is 27.7 Å². The summed E-state index contributed by atoms with van der Waals surface area (Å²) < 4.78 is 65.3. The van der Waals surface area contributed by atoms with Gasteiger partial charge in [0.15, 0.2) is 0 Å². The number of benzene rings is 1. The number of hydrogen-bond acceptors (Lipinski definition) is 6. The van der Waals surface area contributed by atoms with Crippen LogP contribution in [-0.4, -0.2) is 58.8 Å². The molecule has 0 saturated heterocycles. The van der Waals surface area contributed by atoms with Crippen LogP contribution in [0.2, 0.25) is 0 Å². The van der Waals surface area contributed by atoms with Crippen molar-refractivity contribution in [2.24, 2.45) is 13.0 Å². The third kappa shape index (κ3) is 8.71. The number of aromatic nitrogens is 2. The molecule has 3 aromatic rings. The Bertz CT molecular complexity index is 1800. The zero-order chi connectivity index (χ0) is 36.2. The largest absolute Gasteiger partial charge is 0.496 e. The molecule has 2 N–H and O–H groups in total. The normalized spacial score (nSPS) is 13.1. The van der Waals surface area contributed by atoms with Crippen LogP contribution in [0, 0.1) is 25.6 Å². The Morgan fingerprint density at radius 3 is 2.27 bits per heavy atom. The summed E-state index contributed by atoms with van der Waals surface area (Å²) in [6, 6.07) is 1.92. The predicted octanol–water partition coefficient (Wildman–Crippen LogP) is 5.02. The van der Waals surface area contributed by atoms with Crippen molar-refractivity contribution in [1.82, 2.24) is 19.4 Å². The van der Waals surface area contributed by atoms with Gasteiger partial charge in [0.1, 0.15) is 17.6 Å². The predicted molar refractivity (Wildman–Crippen MR) is 173 cm³/mol. The number of carbonyl (C=O) groups is 2. The standard InChI is InChI=1S/C34H42F4N4O6/c1-18(2)11-26(42-17-21(9-10-40(5)6)24(15-28(42)43)34(36,37)38)32(46)39-25(16-29(44)45)23-14-22(12-19(3)31(23)35)30-27(48-8)13-20(4)41(7)33(30)47/h12-15,17-18,25-26H,9-11,16H2,1-8H3,(H,39,46)(H,44,45)/t25-,26-/m1/s1. The van der Waals surface area contributed by atoms with E-state index in [0.29, 0.717) is 11.8 Å². The van der Waals surface area contributed by atoms with E-state index in [4.69, 9.17) is 4.74 Å². The summed E-state index contributed by atoms with van der Waals surface area (Å²) in [6.45, 7) is 6.85. The van der Waals surface area contributed by atoms with Gasteiger partial charge < -0.3 is 29.2 Å². The third-order valence-corrected chi connectivity index (χ3v) is 8.13. The Balaban J connectivity index is 2.19. The van der Waals surface area contributed by atoms with Crippen molar-refractivity contribution in [3.05, 3.63) is 84.9 Å². The molecule has 2 atom stereocenters. The van der Waals surface area contributed by atoms with Gasteiger partial charge in [-0.3, -0.25) is 19.2 Å². The average Bonchev–Trinajstić information content (AvgIpc) is 2.97. The number of alkyl halides is 3. The van der Waals surface area contributed by atoms with E-state index in [1.807, 2.05) is 0 Å². The SMILES string of the molecule is COc1cc(C)n(C)c(=O)c1-c1cc(C)c(F)c([C@@H](CC(=O)O)NC(=O)[C@@H](CC(C)C)n2cc(CCN(C)C)c(C(F)(F)F)cc2=O)c1. The van der Waals surface area contributed by atoms with E-state index in [9.17, 15) is 37.5 Å². The maximum atomic E-state index is 15.8. The van der Waals surface area contributed by atoms with Crippen LogP contribution in [0.25, 0.3) is 11.1 Å². The molecule has 2 aromatic heterocycles. The summed E-state index contributed by atoms with van der Waals surface area (Å²) in [5.41, 5.74) is -2.10. The van der Waals surface area contributed by atoms with Gasteiger partial charge in [-0.1, -0.05) is 13.8 Å². The molecule has 0 unspecified atom stereocenters. The maximum Gasteiger partial charge on any atom is 0.416 e. The molecule has 0 spiro atoms. The molecule has 14 heteroatoms. The van der Waals surface area contributed by atoms with E-state index in [-0.39, 0.29) is 58.9 Å². The van der Waals surface area contributed by atoms with Crippen LogP contribution in [-0.2, 0) is 29.2 Å². The molecule has 262 valence electrons. The van der Waals surface area contributed by atoms with Crippen LogP contribution < -0.4 is 21.2 Å². The van der Waals surface area contributed by atoms with Crippen molar-refractivity contribution in [3.8, 4) is 16.9 Å². The zero-order valence-corrected chi connectivity index (χ0v) is 28.3. The van der Waals surface area contributed by atoms with E-state index >= 15 is 4.39 Å². The minimum absolute atomic E-state index is 0.00216. The Hall–Kier alpha value is -4.46. The van der Waals surface area contributed by atoms with Crippen molar-refractivity contribution >= 4 is 11.9 Å². The van der Waals surface area contributed by atoms with Crippen LogP contribution in [0.15, 0.2) is 40.1 Å². The molecule has 2 heterocycles. The fraction of sp³-hybridized carbons (Fsp3) is 0.471. The van der Waals surface area contributed by atoms with Crippen molar-refractivity contribution < 1.29 is 37.0 Å². The quantitative estimate of drug-likeness (QED) is 0.244. The van der Waals surface area contributed by atoms with Gasteiger partial charge in [-0.2, -0.15) is 13.2 Å². The lowest BCUT2D eigenvalue weighted by Gasteiger charge is -2.27. The fourth-order valence-electron chi connectivity index (χ4n) is 5.53. The molecular weight excluding hydrogens is 636 g/mol. The number of halogens is 4. The van der Waals surface area contributed by atoms with Gasteiger partial charge in [0.05, 0.1) is 30.7 Å². The Morgan fingerprint density at radius 2 is 1.73 bits per heavy atom. The Morgan fingerprint density at radius 1 is 1.08 bits per heavy atom. The summed E-state index contributed by atoms with van der Waals surface area (Å²) in [5.74, 6) is -3.13. The highest BCUT2D eigenvalue weighted by atomic mass is 19.4. The van der Waals surface area contributed by atoms with Crippen LogP contribution >= 0.6 is 0 Å². The topological polar surface area (TPSA) is 123 Å². The molecule has 3 rings (SSSR count). The lowest BCUT2D eigenvalue weighted by atomic mass is 9.93. The third-order valence-electron chi connectivity index (χ3n) is 8.13. The van der Waals surface area contributed by atoms with Gasteiger partial charge in [-0.25, -0.2) is 4.39 Å². The molecule has 0 fully saturated rings. The average molecular weight is 679 g/mol. The first kappa shape index (κ1) is 38.0. The maximum absolute atomic E-state index is 15.8. The van der Waals surface area contributed by atoms with Crippen LogP contribution in [0.4, 0.5) is 17.6 Å². The van der Waals surface area contributed by atoms with Crippen molar-refractivity contribution in [3.63, 3.8) is 0 Å². The minimum atomic E-state index is -4.82. The van der Waals surface area contributed by atoms with Gasteiger partial charge in [0, 0.05) is 43.2 Å². The smallest absolute Gasteiger partial charge is 0.416 e. The lowest BCUT2D eigenvalue weighted by Crippen LogP contribution is -2.41. The molecule has 0 saturated carbocycles. The van der Waals surface area contributed by atoms with Gasteiger partial charge in [0.2, 0.25) is 5.91 Å². The van der Waals surface area contributed by atoms with Gasteiger partial charge in [-0.05, 0) is 75.5 Å². The zero-order valence-electron chi connectivity index (χ0n) is 28.3. The molecule has 1 amide bonds. The number of aryl methyl sites for hydroxylation is 2. The summed E-state index contributed by atoms with van der Waals surface area (Å²) in [6.07, 6.45) is -4.64. The number of hydrogen-bond donors (Lipinski definition) is 2. The molecule has 0 bridgehead atoms. The number of likely N-dealkylation sites (N-methyl/N-ethyl adjacent to an activating group) is 1. The number of ether oxygens (including phenoxy) is 1. The number of amides is 1. The number of methoxy groups -OCH3 is 1. The van der Waals surface area contributed by atoms with Gasteiger partial charge in [0.25, 0.3) is 11.1 Å². The number of rotatable bonds is 13. The van der Waals surface area contributed by atoms with Crippen molar-refractivity contribution in [1.29, 1.82) is 0 Å². The van der Waals surface area contributed by atoms with Crippen LogP contribution in [0.5, 0.6) is 5.75 Å². The summed E-state index contributed by atoms with van der Waals surface area (Å²) in [4.78, 5) is 54.1. The molecule has 0 radical (unpaired) electrons. The number of pyridine rings is 2. The molecule has 1 aromatic carbocycles. The lowest BCUT2D eigenvalue weighted by molar-refractivity contribution is -0.139. The van der Waals surface area contributed by atoms with Crippen molar-refractivity contribution in [2.45, 2.75) is 65.2 Å². The number of aliphatic carboxylic acids is 1. The minimum Gasteiger partial charge on any atom is -0.496 e. The number of carboxylic acids is 1. The second kappa shape index (κ2) is 15.2. The number of carbonyl (C=O) groups excluding carboxylic acids is 1. The van der Waals surface area contributed by atoms with Crippen LogP contribution in [0.3, 0.4) is 0 Å². The molecule has 0 aliphatic rings. The highest BCUT2D eigenvalue weighted by molar-refractivity contribution is 5.82. The molecule has 0 aliphatic heterocycles. The van der Waals surface area contributed by atoms with Gasteiger partial charge in [-0.15, -0.1) is 0 Å². The van der Waals surface area contributed by atoms with Crippen LogP contribution in [0.1, 0.15) is 66.7 Å². The number of carboxylic acid groups (broad SMARTS) is 1. The second-order valence-electron chi connectivity index (χ2n) is 12.6. The van der Waals surface area contributed by atoms with E-state index < -0.39 is 59.1 Å². The van der Waals surface area contributed by atoms with E-state index in [1.54, 1.807) is 52.9 Å². The molecular formula is C34H42F4N4O6. The number of nitrogens with one attached hydrogen (secondary N) is 1. The molecule has 48 heavy (non-hydrogen) atoms. The highest BCUT2D eigenvalue weighted by Gasteiger charge is 2.36. The number of nitrogens with zero attached hydrogens (tertiary/aromatic N) is 3. The summed E-state index contributed by atoms with van der Waals surface area (Å²) in [7, 11) is 6.29. The monoisotopic (exact) mass is 678 g/mol. The summed E-state index contributed by atoms with van der Waals surface area (Å²) >= 11 is 0. The summed E-state index contributed by atoms with van der Waals surface area (Å²) in [5, 5.41) is 12.3. The Labute approximate surface area is 275 Å². The van der Waals surface area contributed by atoms with Gasteiger partial charge >= 0.3 is 12.1 Å². The first-order valence-corrected chi connectivity index (χ1v) is 15.3. The van der Waals surface area contributed by atoms with E-state index in [2.05, 4.69) is 5.32 Å². The first-order chi connectivity index (χ1) is 22.3.